The molecule has 0 saturated heterocycles. The van der Waals surface area contributed by atoms with Crippen molar-refractivity contribution in [2.45, 2.75) is 51.5 Å². The molecule has 1 aromatic carbocycles. The molecule has 21 heavy (non-hydrogen) atoms. The SMILES string of the molecule is C[C@@H](CN1CCc2ccc(Br)cc21)NCC1CCCCC1. The Morgan fingerprint density at radius 1 is 1.29 bits per heavy atom. The molecule has 0 aromatic heterocycles. The van der Waals surface area contributed by atoms with Crippen LogP contribution in [0, 0.1) is 5.92 Å². The van der Waals surface area contributed by atoms with E-state index in [9.17, 15) is 0 Å². The van der Waals surface area contributed by atoms with Gasteiger partial charge in [-0.3, -0.25) is 0 Å². The molecule has 1 N–H and O–H groups in total. The van der Waals surface area contributed by atoms with Crippen LogP contribution < -0.4 is 10.2 Å². The summed E-state index contributed by atoms with van der Waals surface area (Å²) in [5.74, 6) is 0.918. The molecule has 0 amide bonds. The number of hydrogen-bond donors (Lipinski definition) is 1. The Bertz CT molecular complexity index is 468. The molecule has 1 aromatic rings. The van der Waals surface area contributed by atoms with Gasteiger partial charge in [-0.05, 0) is 56.3 Å². The minimum Gasteiger partial charge on any atom is -0.369 e. The number of rotatable bonds is 5. The average Bonchev–Trinajstić information content (AvgIpc) is 2.88. The van der Waals surface area contributed by atoms with Crippen molar-refractivity contribution in [3.8, 4) is 0 Å². The van der Waals surface area contributed by atoms with Crippen molar-refractivity contribution in [1.82, 2.24) is 5.32 Å². The van der Waals surface area contributed by atoms with E-state index < -0.39 is 0 Å². The fourth-order valence-corrected chi connectivity index (χ4v) is 4.11. The van der Waals surface area contributed by atoms with Crippen molar-refractivity contribution in [1.29, 1.82) is 0 Å². The average molecular weight is 351 g/mol. The van der Waals surface area contributed by atoms with Gasteiger partial charge in [0, 0.05) is 29.3 Å². The fraction of sp³-hybridized carbons (Fsp3) is 0.667. The maximum Gasteiger partial charge on any atom is 0.0411 e. The highest BCUT2D eigenvalue weighted by molar-refractivity contribution is 9.10. The molecule has 1 fully saturated rings. The van der Waals surface area contributed by atoms with Crippen LogP contribution in [0.1, 0.15) is 44.6 Å². The van der Waals surface area contributed by atoms with Crippen LogP contribution in [0.5, 0.6) is 0 Å². The van der Waals surface area contributed by atoms with E-state index in [1.807, 2.05) is 0 Å². The lowest BCUT2D eigenvalue weighted by molar-refractivity contribution is 0.330. The predicted octanol–water partition coefficient (Wildman–Crippen LogP) is 4.37. The first-order valence-corrected chi connectivity index (χ1v) is 9.28. The van der Waals surface area contributed by atoms with E-state index in [-0.39, 0.29) is 0 Å². The monoisotopic (exact) mass is 350 g/mol. The summed E-state index contributed by atoms with van der Waals surface area (Å²) in [5, 5.41) is 3.77. The smallest absolute Gasteiger partial charge is 0.0411 e. The number of nitrogens with zero attached hydrogens (tertiary/aromatic N) is 1. The molecule has 0 radical (unpaired) electrons. The van der Waals surface area contributed by atoms with Crippen molar-refractivity contribution in [2.24, 2.45) is 5.92 Å². The molecule has 1 aliphatic carbocycles. The number of benzene rings is 1. The molecule has 1 atom stereocenters. The van der Waals surface area contributed by atoms with E-state index in [1.54, 1.807) is 0 Å². The van der Waals surface area contributed by atoms with E-state index in [4.69, 9.17) is 0 Å². The van der Waals surface area contributed by atoms with E-state index in [0.717, 1.165) is 12.5 Å². The second-order valence-corrected chi connectivity index (χ2v) is 7.70. The van der Waals surface area contributed by atoms with Gasteiger partial charge in [0.15, 0.2) is 0 Å². The zero-order chi connectivity index (χ0) is 14.7. The molecule has 1 saturated carbocycles. The van der Waals surface area contributed by atoms with Crippen LogP contribution in [0.15, 0.2) is 22.7 Å². The summed E-state index contributed by atoms with van der Waals surface area (Å²) in [5.41, 5.74) is 2.92. The number of halogens is 1. The second kappa shape index (κ2) is 7.15. The first kappa shape index (κ1) is 15.4. The summed E-state index contributed by atoms with van der Waals surface area (Å²) >= 11 is 3.60. The minimum atomic E-state index is 0.567. The van der Waals surface area contributed by atoms with Crippen molar-refractivity contribution >= 4 is 21.6 Å². The fourth-order valence-electron chi connectivity index (χ4n) is 3.76. The molecule has 0 unspecified atom stereocenters. The maximum absolute atomic E-state index is 3.77. The van der Waals surface area contributed by atoms with Gasteiger partial charge in [-0.1, -0.05) is 41.3 Å². The Hall–Kier alpha value is -0.540. The maximum atomic E-state index is 3.77. The zero-order valence-corrected chi connectivity index (χ0v) is 14.7. The van der Waals surface area contributed by atoms with E-state index in [0.29, 0.717) is 6.04 Å². The van der Waals surface area contributed by atoms with Gasteiger partial charge in [-0.2, -0.15) is 0 Å². The van der Waals surface area contributed by atoms with Gasteiger partial charge in [0.2, 0.25) is 0 Å². The highest BCUT2D eigenvalue weighted by Crippen LogP contribution is 2.31. The molecule has 1 heterocycles. The van der Waals surface area contributed by atoms with Gasteiger partial charge < -0.3 is 10.2 Å². The Balaban J connectivity index is 1.49. The normalized spacial score (nSPS) is 20.6. The summed E-state index contributed by atoms with van der Waals surface area (Å²) in [6.07, 6.45) is 8.38. The van der Waals surface area contributed by atoms with Crippen LogP contribution in [0.25, 0.3) is 0 Å². The molecule has 0 bridgehead atoms. The lowest BCUT2D eigenvalue weighted by Crippen LogP contribution is -2.40. The highest BCUT2D eigenvalue weighted by Gasteiger charge is 2.21. The lowest BCUT2D eigenvalue weighted by atomic mass is 9.89. The molecular weight excluding hydrogens is 324 g/mol. The van der Waals surface area contributed by atoms with Gasteiger partial charge in [-0.15, -0.1) is 0 Å². The van der Waals surface area contributed by atoms with Crippen molar-refractivity contribution in [2.75, 3.05) is 24.5 Å². The summed E-state index contributed by atoms with van der Waals surface area (Å²) in [6.45, 7) is 5.83. The van der Waals surface area contributed by atoms with Crippen LogP contribution in [0.3, 0.4) is 0 Å². The predicted molar refractivity (Wildman–Crippen MR) is 94.1 cm³/mol. The molecule has 3 heteroatoms. The number of hydrogen-bond acceptors (Lipinski definition) is 2. The Kier molecular flexibility index (Phi) is 5.23. The molecule has 0 spiro atoms. The summed E-state index contributed by atoms with van der Waals surface area (Å²) in [6, 6.07) is 7.26. The van der Waals surface area contributed by atoms with Gasteiger partial charge in [0.25, 0.3) is 0 Å². The number of fused-ring (bicyclic) bond motifs is 1. The van der Waals surface area contributed by atoms with Gasteiger partial charge in [-0.25, -0.2) is 0 Å². The number of anilines is 1. The Labute approximate surface area is 137 Å². The third-order valence-corrected chi connectivity index (χ3v) is 5.51. The first-order valence-electron chi connectivity index (χ1n) is 8.49. The van der Waals surface area contributed by atoms with Crippen molar-refractivity contribution in [3.05, 3.63) is 28.2 Å². The lowest BCUT2D eigenvalue weighted by Gasteiger charge is -2.27. The molecule has 2 nitrogen and oxygen atoms in total. The van der Waals surface area contributed by atoms with Crippen molar-refractivity contribution in [3.63, 3.8) is 0 Å². The van der Waals surface area contributed by atoms with Crippen LogP contribution in [-0.2, 0) is 6.42 Å². The van der Waals surface area contributed by atoms with Crippen LogP contribution in [-0.4, -0.2) is 25.7 Å². The van der Waals surface area contributed by atoms with Gasteiger partial charge in [0.05, 0.1) is 0 Å². The van der Waals surface area contributed by atoms with E-state index in [1.165, 1.54) is 67.3 Å². The molecule has 2 aliphatic rings. The molecule has 1 aliphatic heterocycles. The number of nitrogens with one attached hydrogen (secondary N) is 1. The van der Waals surface area contributed by atoms with Crippen LogP contribution in [0.4, 0.5) is 5.69 Å². The summed E-state index contributed by atoms with van der Waals surface area (Å²) < 4.78 is 1.19. The largest absolute Gasteiger partial charge is 0.369 e. The standard InChI is InChI=1S/C18H27BrN2/c1-14(20-12-15-5-3-2-4-6-15)13-21-10-9-16-7-8-17(19)11-18(16)21/h7-8,11,14-15,20H,2-6,9-10,12-13H2,1H3/t14-/m0/s1. The first-order chi connectivity index (χ1) is 10.2. The quantitative estimate of drug-likeness (QED) is 0.847. The molecule has 3 rings (SSSR count). The Morgan fingerprint density at radius 3 is 2.90 bits per heavy atom. The van der Waals surface area contributed by atoms with Gasteiger partial charge in [0.1, 0.15) is 0 Å². The van der Waals surface area contributed by atoms with Crippen molar-refractivity contribution < 1.29 is 0 Å². The van der Waals surface area contributed by atoms with E-state index in [2.05, 4.69) is 51.3 Å². The zero-order valence-electron chi connectivity index (χ0n) is 13.1. The minimum absolute atomic E-state index is 0.567. The van der Waals surface area contributed by atoms with Crippen LogP contribution >= 0.6 is 15.9 Å². The highest BCUT2D eigenvalue weighted by atomic mass is 79.9. The van der Waals surface area contributed by atoms with E-state index >= 15 is 0 Å². The van der Waals surface area contributed by atoms with Gasteiger partial charge >= 0.3 is 0 Å². The summed E-state index contributed by atoms with van der Waals surface area (Å²) in [7, 11) is 0. The molecule has 116 valence electrons. The summed E-state index contributed by atoms with van der Waals surface area (Å²) in [4.78, 5) is 2.54. The third-order valence-electron chi connectivity index (χ3n) is 5.01. The third kappa shape index (κ3) is 4.01. The second-order valence-electron chi connectivity index (χ2n) is 6.78. The van der Waals surface area contributed by atoms with Crippen LogP contribution in [0.2, 0.25) is 0 Å². The topological polar surface area (TPSA) is 15.3 Å². The Morgan fingerprint density at radius 2 is 2.10 bits per heavy atom. The molecular formula is C18H27BrN2.